The lowest BCUT2D eigenvalue weighted by molar-refractivity contribution is -0.143. The molecule has 178 valence electrons. The summed E-state index contributed by atoms with van der Waals surface area (Å²) in [6.45, 7) is -0.283. The molecular weight excluding hydrogens is 457 g/mol. The zero-order valence-corrected chi connectivity index (χ0v) is 17.0. The summed E-state index contributed by atoms with van der Waals surface area (Å²) in [6.07, 6.45) is -9.38. The van der Waals surface area contributed by atoms with Crippen molar-refractivity contribution < 1.29 is 45.4 Å². The molecule has 1 aliphatic heterocycles. The highest BCUT2D eigenvalue weighted by Gasteiger charge is 2.57. The van der Waals surface area contributed by atoms with E-state index in [9.17, 15) is 40.6 Å². The summed E-state index contributed by atoms with van der Waals surface area (Å²) in [7, 11) is 0. The predicted octanol–water partition coefficient (Wildman–Crippen LogP) is 6.38. The Labute approximate surface area is 184 Å². The summed E-state index contributed by atoms with van der Waals surface area (Å²) in [4.78, 5) is 11.9. The van der Waals surface area contributed by atoms with Gasteiger partial charge >= 0.3 is 18.3 Å². The van der Waals surface area contributed by atoms with Crippen molar-refractivity contribution in [3.8, 4) is 0 Å². The van der Waals surface area contributed by atoms with E-state index in [-0.39, 0.29) is 25.9 Å². The lowest BCUT2D eigenvalue weighted by Crippen LogP contribution is -2.35. The number of carboxylic acids is 1. The Morgan fingerprint density at radius 3 is 2.24 bits per heavy atom. The van der Waals surface area contributed by atoms with Gasteiger partial charge in [0.25, 0.3) is 0 Å². The number of hydrogen-bond acceptors (Lipinski definition) is 2. The van der Waals surface area contributed by atoms with E-state index in [1.165, 1.54) is 12.1 Å². The van der Waals surface area contributed by atoms with Gasteiger partial charge < -0.3 is 9.84 Å². The van der Waals surface area contributed by atoms with Crippen LogP contribution >= 0.6 is 0 Å². The number of hydrogen-bond donors (Lipinski definition) is 1. The summed E-state index contributed by atoms with van der Waals surface area (Å²) >= 11 is 0. The fourth-order valence-corrected chi connectivity index (χ4v) is 5.29. The minimum atomic E-state index is -4.87. The summed E-state index contributed by atoms with van der Waals surface area (Å²) < 4.78 is 99.9. The van der Waals surface area contributed by atoms with Crippen LogP contribution in [0.3, 0.4) is 0 Å². The highest BCUT2D eigenvalue weighted by molar-refractivity contribution is 5.72. The molecule has 1 saturated heterocycles. The molecule has 4 rings (SSSR count). The fraction of sp³-hybridized carbons (Fsp3) is 0.435. The summed E-state index contributed by atoms with van der Waals surface area (Å²) in [5.41, 5.74) is -3.61. The van der Waals surface area contributed by atoms with Crippen molar-refractivity contribution in [1.29, 1.82) is 0 Å². The van der Waals surface area contributed by atoms with Crippen molar-refractivity contribution in [2.45, 2.75) is 49.1 Å². The van der Waals surface area contributed by atoms with Crippen molar-refractivity contribution in [2.24, 2.45) is 5.92 Å². The van der Waals surface area contributed by atoms with Crippen molar-refractivity contribution in [2.75, 3.05) is 6.61 Å². The highest BCUT2D eigenvalue weighted by atomic mass is 19.4. The van der Waals surface area contributed by atoms with E-state index in [0.29, 0.717) is 23.8 Å². The molecule has 2 aromatic rings. The van der Waals surface area contributed by atoms with E-state index in [1.54, 1.807) is 0 Å². The Hall–Kier alpha value is -2.62. The molecule has 0 radical (unpaired) electrons. The van der Waals surface area contributed by atoms with Crippen LogP contribution in [-0.4, -0.2) is 23.3 Å². The molecule has 2 aliphatic rings. The number of aliphatic carboxylic acids is 1. The van der Waals surface area contributed by atoms with Crippen LogP contribution in [-0.2, 0) is 21.9 Å². The number of ether oxygens (including phenoxy) is 1. The molecule has 1 N–H and O–H groups in total. The van der Waals surface area contributed by atoms with E-state index in [2.05, 4.69) is 0 Å². The monoisotopic (exact) mass is 476 g/mol. The first-order chi connectivity index (χ1) is 15.3. The first-order valence-corrected chi connectivity index (χ1v) is 10.2. The average Bonchev–Trinajstić information content (AvgIpc) is 3.31. The Morgan fingerprint density at radius 1 is 1.00 bits per heavy atom. The maximum absolute atomic E-state index is 13.6. The molecule has 33 heavy (non-hydrogen) atoms. The number of benzene rings is 2. The first kappa shape index (κ1) is 23.5. The highest BCUT2D eigenvalue weighted by Crippen LogP contribution is 2.57. The van der Waals surface area contributed by atoms with Gasteiger partial charge in [-0.3, -0.25) is 4.79 Å². The molecule has 1 aliphatic carbocycles. The minimum absolute atomic E-state index is 0.0801. The van der Waals surface area contributed by atoms with Crippen molar-refractivity contribution in [1.82, 2.24) is 0 Å². The van der Waals surface area contributed by atoms with E-state index < -0.39 is 64.2 Å². The lowest BCUT2D eigenvalue weighted by atomic mass is 9.76. The topological polar surface area (TPSA) is 46.5 Å². The molecular formula is C23H19F7O3. The third-order valence-corrected chi connectivity index (χ3v) is 6.68. The van der Waals surface area contributed by atoms with Crippen LogP contribution in [0.25, 0.3) is 0 Å². The standard InChI is InChI=1S/C23H19F7O3/c24-15-4-1-12(2-5-15)19-16(20(31)32)7-8-21(19)10-13(11-33-21)17-9-14(22(25,26)27)3-6-18(17)23(28,29)30/h1-6,9,13,16,19H,7-8,10-11H2,(H,31,32)/t13-,16+,19-,21-/m1/s1. The van der Waals surface area contributed by atoms with E-state index in [1.807, 2.05) is 0 Å². The summed E-state index contributed by atoms with van der Waals surface area (Å²) in [5.74, 6) is -4.37. The third-order valence-electron chi connectivity index (χ3n) is 6.68. The predicted molar refractivity (Wildman–Crippen MR) is 102 cm³/mol. The van der Waals surface area contributed by atoms with Gasteiger partial charge in [-0.2, -0.15) is 26.3 Å². The van der Waals surface area contributed by atoms with Gasteiger partial charge in [0.2, 0.25) is 0 Å². The van der Waals surface area contributed by atoms with Crippen LogP contribution in [0.15, 0.2) is 42.5 Å². The quantitative estimate of drug-likeness (QED) is 0.523. The average molecular weight is 476 g/mol. The lowest BCUT2D eigenvalue weighted by Gasteiger charge is -2.33. The number of carbonyl (C=O) groups is 1. The summed E-state index contributed by atoms with van der Waals surface area (Å²) in [6, 6.07) is 6.45. The van der Waals surface area contributed by atoms with Gasteiger partial charge in [-0.05, 0) is 60.7 Å². The fourth-order valence-electron chi connectivity index (χ4n) is 5.29. The molecule has 3 nitrogen and oxygen atoms in total. The van der Waals surface area contributed by atoms with Gasteiger partial charge in [-0.1, -0.05) is 12.1 Å². The SMILES string of the molecule is O=C(O)[C@H]1CC[C@@]2(C[C@@H](c3cc(C(F)(F)F)ccc3C(F)(F)F)CO2)[C@@H]1c1ccc(F)cc1. The Balaban J connectivity index is 1.75. The second kappa shape index (κ2) is 8.00. The molecule has 0 amide bonds. The van der Waals surface area contributed by atoms with Crippen LogP contribution in [0, 0.1) is 11.7 Å². The smallest absolute Gasteiger partial charge is 0.416 e. The van der Waals surface area contributed by atoms with Crippen LogP contribution in [0.4, 0.5) is 30.7 Å². The Morgan fingerprint density at radius 2 is 1.67 bits per heavy atom. The number of halogens is 7. The second-order valence-electron chi connectivity index (χ2n) is 8.59. The maximum atomic E-state index is 13.6. The van der Waals surface area contributed by atoms with Crippen molar-refractivity contribution >= 4 is 5.97 Å². The van der Waals surface area contributed by atoms with Crippen LogP contribution in [0.2, 0.25) is 0 Å². The third kappa shape index (κ3) is 4.32. The van der Waals surface area contributed by atoms with Gasteiger partial charge in [0.15, 0.2) is 0 Å². The molecule has 0 unspecified atom stereocenters. The second-order valence-corrected chi connectivity index (χ2v) is 8.59. The van der Waals surface area contributed by atoms with E-state index in [4.69, 9.17) is 4.74 Å². The zero-order chi connectivity index (χ0) is 24.2. The van der Waals surface area contributed by atoms with Crippen LogP contribution < -0.4 is 0 Å². The van der Waals surface area contributed by atoms with Gasteiger partial charge in [-0.25, -0.2) is 4.39 Å². The molecule has 0 aromatic heterocycles. The molecule has 1 heterocycles. The number of alkyl halides is 6. The van der Waals surface area contributed by atoms with Gasteiger partial charge in [0.1, 0.15) is 5.82 Å². The zero-order valence-electron chi connectivity index (χ0n) is 17.0. The van der Waals surface area contributed by atoms with Crippen molar-refractivity contribution in [3.05, 3.63) is 70.5 Å². The van der Waals surface area contributed by atoms with Crippen LogP contribution in [0.5, 0.6) is 0 Å². The van der Waals surface area contributed by atoms with Gasteiger partial charge in [0.05, 0.1) is 29.3 Å². The van der Waals surface area contributed by atoms with E-state index >= 15 is 0 Å². The van der Waals surface area contributed by atoms with E-state index in [0.717, 1.165) is 12.1 Å². The van der Waals surface area contributed by atoms with Crippen LogP contribution in [0.1, 0.15) is 53.4 Å². The Bertz CT molecular complexity index is 1050. The molecule has 1 saturated carbocycles. The van der Waals surface area contributed by atoms with Gasteiger partial charge in [-0.15, -0.1) is 0 Å². The Kier molecular flexibility index (Phi) is 5.71. The summed E-state index contributed by atoms with van der Waals surface area (Å²) in [5, 5.41) is 9.70. The number of carboxylic acid groups (broad SMARTS) is 1. The first-order valence-electron chi connectivity index (χ1n) is 10.2. The molecule has 4 atom stereocenters. The minimum Gasteiger partial charge on any atom is -0.481 e. The largest absolute Gasteiger partial charge is 0.481 e. The number of rotatable bonds is 3. The molecule has 0 bridgehead atoms. The molecule has 1 spiro atoms. The van der Waals surface area contributed by atoms with Gasteiger partial charge in [0, 0.05) is 11.8 Å². The normalized spacial score (nSPS) is 27.9. The molecule has 2 fully saturated rings. The molecule has 10 heteroatoms. The maximum Gasteiger partial charge on any atom is 0.416 e. The van der Waals surface area contributed by atoms with Crippen molar-refractivity contribution in [3.63, 3.8) is 0 Å². The molecule has 2 aromatic carbocycles.